The Balaban J connectivity index is 1.76. The lowest BCUT2D eigenvalue weighted by Crippen LogP contribution is -2.38. The zero-order valence-electron chi connectivity index (χ0n) is 12.3. The van der Waals surface area contributed by atoms with Crippen molar-refractivity contribution in [1.29, 1.82) is 0 Å². The summed E-state index contributed by atoms with van der Waals surface area (Å²) in [7, 11) is 0. The van der Waals surface area contributed by atoms with Crippen molar-refractivity contribution in [2.75, 3.05) is 0 Å². The molecule has 0 spiro atoms. The van der Waals surface area contributed by atoms with Gasteiger partial charge in [-0.15, -0.1) is 0 Å². The number of fused-ring (bicyclic) bond motifs is 2. The Labute approximate surface area is 134 Å². The van der Waals surface area contributed by atoms with Gasteiger partial charge in [0.2, 0.25) is 0 Å². The highest BCUT2D eigenvalue weighted by molar-refractivity contribution is 14.1. The molecule has 0 radical (unpaired) electrons. The summed E-state index contributed by atoms with van der Waals surface area (Å²) in [5.74, 6) is 0.526. The number of halogens is 1. The average molecular weight is 384 g/mol. The minimum Gasteiger partial charge on any atom is -0.458 e. The minimum absolute atomic E-state index is 0.0722. The molecule has 0 aromatic heterocycles. The van der Waals surface area contributed by atoms with Crippen molar-refractivity contribution >= 4 is 28.6 Å². The van der Waals surface area contributed by atoms with Crippen LogP contribution in [0.15, 0.2) is 24.3 Å². The van der Waals surface area contributed by atoms with Crippen LogP contribution in [0.25, 0.3) is 0 Å². The Morgan fingerprint density at radius 3 is 2.40 bits per heavy atom. The van der Waals surface area contributed by atoms with E-state index >= 15 is 0 Å². The number of benzene rings is 1. The van der Waals surface area contributed by atoms with E-state index in [1.165, 1.54) is 12.8 Å². The number of carbonyl (C=O) groups is 1. The van der Waals surface area contributed by atoms with Gasteiger partial charge in [-0.05, 0) is 77.5 Å². The highest BCUT2D eigenvalue weighted by Crippen LogP contribution is 2.66. The van der Waals surface area contributed by atoms with E-state index in [9.17, 15) is 4.79 Å². The molecule has 2 fully saturated rings. The molecule has 108 valence electrons. The van der Waals surface area contributed by atoms with Crippen LogP contribution < -0.4 is 0 Å². The molecule has 0 aliphatic heterocycles. The van der Waals surface area contributed by atoms with Crippen molar-refractivity contribution in [3.63, 3.8) is 0 Å². The highest BCUT2D eigenvalue weighted by Gasteiger charge is 2.62. The first-order valence-electron chi connectivity index (χ1n) is 7.31. The number of rotatable bonds is 2. The Bertz CT molecular complexity index is 534. The van der Waals surface area contributed by atoms with E-state index in [1.54, 1.807) is 0 Å². The number of hydrogen-bond donors (Lipinski definition) is 0. The first-order valence-corrected chi connectivity index (χ1v) is 8.39. The van der Waals surface area contributed by atoms with Crippen LogP contribution in [0.4, 0.5) is 0 Å². The van der Waals surface area contributed by atoms with Crippen LogP contribution in [0.2, 0.25) is 0 Å². The minimum atomic E-state index is -0.170. The summed E-state index contributed by atoms with van der Waals surface area (Å²) in [6, 6.07) is 7.60. The van der Waals surface area contributed by atoms with E-state index in [-0.39, 0.29) is 22.9 Å². The SMILES string of the molecule is CC1(C)[C@H]2CCC1(C)[C@H](OC(=O)c1ccc(I)cc1)C2. The molecule has 2 aliphatic carbocycles. The molecule has 2 aliphatic rings. The lowest BCUT2D eigenvalue weighted by Gasteiger charge is -2.38. The normalized spacial score (nSPS) is 34.2. The van der Waals surface area contributed by atoms with E-state index in [2.05, 4.69) is 43.4 Å². The zero-order valence-corrected chi connectivity index (χ0v) is 14.4. The molecule has 0 heterocycles. The summed E-state index contributed by atoms with van der Waals surface area (Å²) in [5.41, 5.74) is 1.08. The molecular formula is C17H21IO2. The molecule has 3 rings (SSSR count). The van der Waals surface area contributed by atoms with E-state index in [0.717, 1.165) is 9.99 Å². The summed E-state index contributed by atoms with van der Waals surface area (Å²) in [5, 5.41) is 0. The fourth-order valence-electron chi connectivity index (χ4n) is 4.09. The third-order valence-electron chi connectivity index (χ3n) is 6.04. The molecule has 2 saturated carbocycles. The molecule has 2 bridgehead atoms. The predicted molar refractivity (Wildman–Crippen MR) is 87.6 cm³/mol. The summed E-state index contributed by atoms with van der Waals surface area (Å²) in [4.78, 5) is 12.3. The van der Waals surface area contributed by atoms with Crippen molar-refractivity contribution < 1.29 is 9.53 Å². The second kappa shape index (κ2) is 4.72. The van der Waals surface area contributed by atoms with Crippen LogP contribution in [0.3, 0.4) is 0 Å². The van der Waals surface area contributed by atoms with Crippen molar-refractivity contribution in [2.24, 2.45) is 16.7 Å². The molecule has 0 amide bonds. The van der Waals surface area contributed by atoms with Gasteiger partial charge in [0.15, 0.2) is 0 Å². The summed E-state index contributed by atoms with van der Waals surface area (Å²) < 4.78 is 7.00. The quantitative estimate of drug-likeness (QED) is 0.548. The molecule has 0 N–H and O–H groups in total. The maximum Gasteiger partial charge on any atom is 0.338 e. The molecular weight excluding hydrogens is 363 g/mol. The van der Waals surface area contributed by atoms with Gasteiger partial charge in [-0.3, -0.25) is 0 Å². The number of hydrogen-bond acceptors (Lipinski definition) is 2. The lowest BCUT2D eigenvalue weighted by atomic mass is 9.70. The molecule has 1 aromatic rings. The monoisotopic (exact) mass is 384 g/mol. The predicted octanol–water partition coefficient (Wildman–Crippen LogP) is 4.66. The van der Waals surface area contributed by atoms with Gasteiger partial charge >= 0.3 is 5.97 Å². The molecule has 3 heteroatoms. The summed E-state index contributed by atoms with van der Waals surface area (Å²) >= 11 is 2.24. The Morgan fingerprint density at radius 2 is 1.90 bits per heavy atom. The van der Waals surface area contributed by atoms with E-state index < -0.39 is 0 Å². The van der Waals surface area contributed by atoms with E-state index in [0.29, 0.717) is 11.5 Å². The van der Waals surface area contributed by atoms with Gasteiger partial charge < -0.3 is 4.74 Å². The number of carbonyl (C=O) groups excluding carboxylic acids is 1. The van der Waals surface area contributed by atoms with Crippen LogP contribution in [0.1, 0.15) is 50.4 Å². The second-order valence-electron chi connectivity index (χ2n) is 7.01. The largest absolute Gasteiger partial charge is 0.458 e. The van der Waals surface area contributed by atoms with Crippen molar-refractivity contribution in [3.8, 4) is 0 Å². The Kier molecular flexibility index (Phi) is 3.39. The fourth-order valence-corrected chi connectivity index (χ4v) is 4.45. The van der Waals surface area contributed by atoms with Crippen molar-refractivity contribution in [2.45, 2.75) is 46.1 Å². The maximum atomic E-state index is 12.3. The zero-order chi connectivity index (χ0) is 14.5. The molecule has 0 saturated heterocycles. The van der Waals surface area contributed by atoms with Crippen LogP contribution >= 0.6 is 22.6 Å². The maximum absolute atomic E-state index is 12.3. The third kappa shape index (κ3) is 2.00. The van der Waals surface area contributed by atoms with Crippen molar-refractivity contribution in [1.82, 2.24) is 0 Å². The highest BCUT2D eigenvalue weighted by atomic mass is 127. The average Bonchev–Trinajstić information content (AvgIpc) is 2.72. The Hall–Kier alpha value is -0.580. The van der Waals surface area contributed by atoms with Gasteiger partial charge in [0.25, 0.3) is 0 Å². The molecule has 1 aromatic carbocycles. The first-order chi connectivity index (χ1) is 9.34. The standard InChI is InChI=1S/C17H21IO2/c1-16(2)12-8-9-17(16,3)14(10-12)20-15(19)11-4-6-13(18)7-5-11/h4-7,12,14H,8-10H2,1-3H3/t12-,14+,17?/m0/s1. The van der Waals surface area contributed by atoms with E-state index in [4.69, 9.17) is 4.74 Å². The van der Waals surface area contributed by atoms with Gasteiger partial charge in [-0.1, -0.05) is 20.8 Å². The van der Waals surface area contributed by atoms with Crippen LogP contribution in [-0.2, 0) is 4.74 Å². The molecule has 20 heavy (non-hydrogen) atoms. The number of ether oxygens (including phenoxy) is 1. The molecule has 1 unspecified atom stereocenters. The van der Waals surface area contributed by atoms with Crippen molar-refractivity contribution in [3.05, 3.63) is 33.4 Å². The smallest absolute Gasteiger partial charge is 0.338 e. The summed E-state index contributed by atoms with van der Waals surface area (Å²) in [6.45, 7) is 6.97. The third-order valence-corrected chi connectivity index (χ3v) is 6.76. The molecule has 3 atom stereocenters. The second-order valence-corrected chi connectivity index (χ2v) is 8.26. The van der Waals surface area contributed by atoms with Gasteiger partial charge in [-0.25, -0.2) is 4.79 Å². The number of esters is 1. The Morgan fingerprint density at radius 1 is 1.25 bits per heavy atom. The lowest BCUT2D eigenvalue weighted by molar-refractivity contribution is -0.0242. The summed E-state index contributed by atoms with van der Waals surface area (Å²) in [6.07, 6.45) is 3.55. The van der Waals surface area contributed by atoms with Gasteiger partial charge in [0.1, 0.15) is 6.10 Å². The first kappa shape index (κ1) is 14.4. The topological polar surface area (TPSA) is 26.3 Å². The fraction of sp³-hybridized carbons (Fsp3) is 0.588. The van der Waals surface area contributed by atoms with Gasteiger partial charge in [0, 0.05) is 8.99 Å². The van der Waals surface area contributed by atoms with Crippen LogP contribution in [0.5, 0.6) is 0 Å². The van der Waals surface area contributed by atoms with E-state index in [1.807, 2.05) is 24.3 Å². The van der Waals surface area contributed by atoms with Crippen LogP contribution in [0, 0.1) is 20.3 Å². The van der Waals surface area contributed by atoms with Gasteiger partial charge in [-0.2, -0.15) is 0 Å². The van der Waals surface area contributed by atoms with Gasteiger partial charge in [0.05, 0.1) is 5.56 Å². The van der Waals surface area contributed by atoms with Crippen LogP contribution in [-0.4, -0.2) is 12.1 Å². The molecule has 2 nitrogen and oxygen atoms in total.